The highest BCUT2D eigenvalue weighted by Crippen LogP contribution is 2.34. The number of hydrogen-bond acceptors (Lipinski definition) is 2. The summed E-state index contributed by atoms with van der Waals surface area (Å²) in [6, 6.07) is 13.0. The lowest BCUT2D eigenvalue weighted by Crippen LogP contribution is -2.40. The molecule has 0 bridgehead atoms. The van der Waals surface area contributed by atoms with Crippen LogP contribution < -0.4 is 4.90 Å². The number of anilines is 1. The molecule has 114 valence electrons. The van der Waals surface area contributed by atoms with E-state index >= 15 is 0 Å². The molecule has 5 heteroatoms. The van der Waals surface area contributed by atoms with Crippen molar-refractivity contribution < 1.29 is 9.90 Å². The summed E-state index contributed by atoms with van der Waals surface area (Å²) in [5, 5.41) is 10.2. The predicted molar refractivity (Wildman–Crippen MR) is 91.4 cm³/mol. The van der Waals surface area contributed by atoms with Gasteiger partial charge in [-0.05, 0) is 41.8 Å². The van der Waals surface area contributed by atoms with Gasteiger partial charge in [0.25, 0.3) is 0 Å². The Labute approximate surface area is 142 Å². The lowest BCUT2D eigenvalue weighted by molar-refractivity contribution is -0.118. The Balaban J connectivity index is 1.90. The third-order valence-corrected chi connectivity index (χ3v) is 4.76. The Kier molecular flexibility index (Phi) is 4.52. The summed E-state index contributed by atoms with van der Waals surface area (Å²) in [6.07, 6.45) is 0.894. The smallest absolute Gasteiger partial charge is 0.231 e. The van der Waals surface area contributed by atoms with Crippen LogP contribution in [0.25, 0.3) is 0 Å². The molecule has 1 unspecified atom stereocenters. The second-order valence-electron chi connectivity index (χ2n) is 5.35. The quantitative estimate of drug-likeness (QED) is 0.884. The molecule has 0 fully saturated rings. The fraction of sp³-hybridized carbons (Fsp3) is 0.235. The van der Waals surface area contributed by atoms with Crippen molar-refractivity contribution in [3.05, 3.63) is 63.1 Å². The number of rotatable bonds is 3. The van der Waals surface area contributed by atoms with Gasteiger partial charge in [0.15, 0.2) is 0 Å². The molecular weight excluding hydrogens is 366 g/mol. The Morgan fingerprint density at radius 1 is 1.32 bits per heavy atom. The first-order chi connectivity index (χ1) is 10.6. The van der Waals surface area contributed by atoms with Gasteiger partial charge in [-0.2, -0.15) is 0 Å². The third kappa shape index (κ3) is 2.91. The van der Waals surface area contributed by atoms with E-state index in [-0.39, 0.29) is 25.0 Å². The molecule has 0 saturated heterocycles. The van der Waals surface area contributed by atoms with Crippen LogP contribution in [0.3, 0.4) is 0 Å². The van der Waals surface area contributed by atoms with E-state index in [0.717, 1.165) is 21.3 Å². The van der Waals surface area contributed by atoms with Crippen molar-refractivity contribution in [2.75, 3.05) is 11.5 Å². The topological polar surface area (TPSA) is 40.5 Å². The summed E-state index contributed by atoms with van der Waals surface area (Å²) in [5.74, 6) is -0.0479. The maximum absolute atomic E-state index is 12.7. The first kappa shape index (κ1) is 15.5. The van der Waals surface area contributed by atoms with E-state index in [4.69, 9.17) is 11.6 Å². The van der Waals surface area contributed by atoms with E-state index in [1.807, 2.05) is 36.4 Å². The van der Waals surface area contributed by atoms with Crippen molar-refractivity contribution in [3.8, 4) is 0 Å². The van der Waals surface area contributed by atoms with E-state index in [9.17, 15) is 9.90 Å². The van der Waals surface area contributed by atoms with Crippen LogP contribution in [-0.2, 0) is 17.6 Å². The SMILES string of the molecule is O=C(Cc1ccccc1Cl)N1c2ccc(Br)cc2CC1CO. The van der Waals surface area contributed by atoms with Gasteiger partial charge in [-0.15, -0.1) is 0 Å². The van der Waals surface area contributed by atoms with Crippen LogP contribution in [0.15, 0.2) is 46.9 Å². The second-order valence-corrected chi connectivity index (χ2v) is 6.67. The summed E-state index contributed by atoms with van der Waals surface area (Å²) in [6.45, 7) is -0.0550. The van der Waals surface area contributed by atoms with Crippen LogP contribution in [0.5, 0.6) is 0 Å². The molecule has 3 rings (SSSR count). The van der Waals surface area contributed by atoms with Gasteiger partial charge < -0.3 is 10.0 Å². The number of hydrogen-bond donors (Lipinski definition) is 1. The minimum absolute atomic E-state index is 0.0479. The van der Waals surface area contributed by atoms with E-state index in [0.29, 0.717) is 11.4 Å². The summed E-state index contributed by atoms with van der Waals surface area (Å²) < 4.78 is 0.975. The van der Waals surface area contributed by atoms with Crippen LogP contribution in [0.2, 0.25) is 5.02 Å². The molecule has 1 amide bonds. The van der Waals surface area contributed by atoms with Gasteiger partial charge in [-0.1, -0.05) is 45.7 Å². The molecule has 2 aromatic carbocycles. The molecule has 3 nitrogen and oxygen atoms in total. The van der Waals surface area contributed by atoms with Crippen molar-refractivity contribution in [2.45, 2.75) is 18.9 Å². The molecule has 1 aliphatic heterocycles. The van der Waals surface area contributed by atoms with E-state index in [1.165, 1.54) is 0 Å². The highest BCUT2D eigenvalue weighted by Gasteiger charge is 2.33. The van der Waals surface area contributed by atoms with Gasteiger partial charge >= 0.3 is 0 Å². The summed E-state index contributed by atoms with van der Waals surface area (Å²) in [4.78, 5) is 14.4. The Hall–Kier alpha value is -1.36. The van der Waals surface area contributed by atoms with Gasteiger partial charge in [0.05, 0.1) is 19.1 Å². The van der Waals surface area contributed by atoms with Crippen molar-refractivity contribution in [3.63, 3.8) is 0 Å². The van der Waals surface area contributed by atoms with Crippen LogP contribution in [-0.4, -0.2) is 23.7 Å². The molecule has 2 aromatic rings. The van der Waals surface area contributed by atoms with Gasteiger partial charge in [0, 0.05) is 15.2 Å². The second kappa shape index (κ2) is 6.41. The number of aliphatic hydroxyl groups excluding tert-OH is 1. The average molecular weight is 381 g/mol. The van der Waals surface area contributed by atoms with Gasteiger partial charge in [-0.3, -0.25) is 4.79 Å². The fourth-order valence-electron chi connectivity index (χ4n) is 2.87. The Morgan fingerprint density at radius 2 is 2.09 bits per heavy atom. The van der Waals surface area contributed by atoms with Crippen molar-refractivity contribution in [1.29, 1.82) is 0 Å². The normalized spacial score (nSPS) is 16.7. The van der Waals surface area contributed by atoms with E-state index < -0.39 is 0 Å². The number of aliphatic hydroxyl groups is 1. The Morgan fingerprint density at radius 3 is 2.82 bits per heavy atom. The zero-order valence-corrected chi connectivity index (χ0v) is 14.1. The number of carbonyl (C=O) groups excluding carboxylic acids is 1. The molecular formula is C17H15BrClNO2. The van der Waals surface area contributed by atoms with Crippen LogP contribution in [0.4, 0.5) is 5.69 Å². The van der Waals surface area contributed by atoms with Gasteiger partial charge in [-0.25, -0.2) is 0 Å². The van der Waals surface area contributed by atoms with Crippen LogP contribution >= 0.6 is 27.5 Å². The molecule has 22 heavy (non-hydrogen) atoms. The zero-order valence-electron chi connectivity index (χ0n) is 11.8. The number of benzene rings is 2. The number of amides is 1. The lowest BCUT2D eigenvalue weighted by Gasteiger charge is -2.24. The average Bonchev–Trinajstić information content (AvgIpc) is 2.87. The minimum atomic E-state index is -0.209. The van der Waals surface area contributed by atoms with Crippen molar-refractivity contribution in [1.82, 2.24) is 0 Å². The monoisotopic (exact) mass is 379 g/mol. The molecule has 1 N–H and O–H groups in total. The van der Waals surface area contributed by atoms with Crippen molar-refractivity contribution in [2.24, 2.45) is 0 Å². The molecule has 1 aliphatic rings. The first-order valence-corrected chi connectivity index (χ1v) is 8.22. The summed E-state index contributed by atoms with van der Waals surface area (Å²) in [7, 11) is 0. The van der Waals surface area contributed by atoms with Gasteiger partial charge in [0.2, 0.25) is 5.91 Å². The standard InChI is InChI=1S/C17H15BrClNO2/c18-13-5-6-16-12(7-13)8-14(10-21)20(16)17(22)9-11-3-1-2-4-15(11)19/h1-7,14,21H,8-10H2. The number of carbonyl (C=O) groups is 1. The van der Waals surface area contributed by atoms with E-state index in [2.05, 4.69) is 15.9 Å². The number of fused-ring (bicyclic) bond motifs is 1. The molecule has 0 spiro atoms. The van der Waals surface area contributed by atoms with Crippen LogP contribution in [0.1, 0.15) is 11.1 Å². The maximum Gasteiger partial charge on any atom is 0.231 e. The van der Waals surface area contributed by atoms with Crippen LogP contribution in [0, 0.1) is 0 Å². The number of halogens is 2. The largest absolute Gasteiger partial charge is 0.394 e. The third-order valence-electron chi connectivity index (χ3n) is 3.90. The highest BCUT2D eigenvalue weighted by atomic mass is 79.9. The first-order valence-electron chi connectivity index (χ1n) is 7.05. The maximum atomic E-state index is 12.7. The van der Waals surface area contributed by atoms with Crippen molar-refractivity contribution >= 4 is 39.1 Å². The molecule has 0 saturated carbocycles. The fourth-order valence-corrected chi connectivity index (χ4v) is 3.48. The summed E-state index contributed by atoms with van der Waals surface area (Å²) in [5.41, 5.74) is 2.75. The molecule has 0 radical (unpaired) electrons. The highest BCUT2D eigenvalue weighted by molar-refractivity contribution is 9.10. The Bertz CT molecular complexity index is 720. The molecule has 0 aliphatic carbocycles. The molecule has 1 atom stereocenters. The number of nitrogens with zero attached hydrogens (tertiary/aromatic N) is 1. The molecule has 1 heterocycles. The van der Waals surface area contributed by atoms with Gasteiger partial charge in [0.1, 0.15) is 0 Å². The summed E-state index contributed by atoms with van der Waals surface area (Å²) >= 11 is 9.58. The zero-order chi connectivity index (χ0) is 15.7. The minimum Gasteiger partial charge on any atom is -0.394 e. The predicted octanol–water partition coefficient (Wildman–Crippen LogP) is 3.60. The van der Waals surface area contributed by atoms with E-state index in [1.54, 1.807) is 11.0 Å². The lowest BCUT2D eigenvalue weighted by atomic mass is 10.1. The molecule has 0 aromatic heterocycles.